The van der Waals surface area contributed by atoms with Crippen LogP contribution < -0.4 is 0 Å². The molecule has 0 aliphatic carbocycles. The Balaban J connectivity index is 3.72. The molecule has 1 unspecified atom stereocenters. The number of hydrogen-bond donors (Lipinski definition) is 2. The first-order chi connectivity index (χ1) is 4.72. The molecular formula is C8H16O2. The highest BCUT2D eigenvalue weighted by molar-refractivity contribution is 4.86. The molecule has 0 fully saturated rings. The second kappa shape index (κ2) is 5.45. The summed E-state index contributed by atoms with van der Waals surface area (Å²) < 4.78 is 0. The van der Waals surface area contributed by atoms with E-state index in [0.717, 1.165) is 12.8 Å². The van der Waals surface area contributed by atoms with Gasteiger partial charge >= 0.3 is 0 Å². The molecule has 0 spiro atoms. The number of aliphatic hydroxyl groups is 2. The lowest BCUT2D eigenvalue weighted by Crippen LogP contribution is -2.16. The maximum Gasteiger partial charge on any atom is 0.157 e. The van der Waals surface area contributed by atoms with Crippen LogP contribution in [0.4, 0.5) is 0 Å². The number of hydrogen-bond acceptors (Lipinski definition) is 2. The van der Waals surface area contributed by atoms with Gasteiger partial charge in [-0.05, 0) is 13.3 Å². The van der Waals surface area contributed by atoms with Crippen LogP contribution in [-0.4, -0.2) is 16.5 Å². The molecule has 0 radical (unpaired) electrons. The Labute approximate surface area is 62.2 Å². The second-order valence-electron chi connectivity index (χ2n) is 2.39. The zero-order valence-electron chi connectivity index (χ0n) is 6.62. The summed E-state index contributed by atoms with van der Waals surface area (Å²) in [7, 11) is 0. The van der Waals surface area contributed by atoms with E-state index in [2.05, 4.69) is 0 Å². The second-order valence-corrected chi connectivity index (χ2v) is 2.39. The normalized spacial score (nSPS) is 14.9. The zero-order valence-corrected chi connectivity index (χ0v) is 6.62. The van der Waals surface area contributed by atoms with Crippen LogP contribution in [0.15, 0.2) is 12.2 Å². The number of allylic oxidation sites excluding steroid dienone is 1. The SMILES string of the molecule is C/C=C\C(CCC)C(O)O. The predicted molar refractivity (Wildman–Crippen MR) is 41.4 cm³/mol. The largest absolute Gasteiger partial charge is 0.368 e. The molecule has 0 rings (SSSR count). The van der Waals surface area contributed by atoms with Crippen molar-refractivity contribution in [2.24, 2.45) is 5.92 Å². The minimum Gasteiger partial charge on any atom is -0.368 e. The van der Waals surface area contributed by atoms with Gasteiger partial charge in [-0.1, -0.05) is 25.5 Å². The van der Waals surface area contributed by atoms with Crippen molar-refractivity contribution < 1.29 is 10.2 Å². The van der Waals surface area contributed by atoms with Crippen molar-refractivity contribution in [1.82, 2.24) is 0 Å². The van der Waals surface area contributed by atoms with E-state index in [1.807, 2.05) is 26.0 Å². The quantitative estimate of drug-likeness (QED) is 0.461. The molecule has 2 nitrogen and oxygen atoms in total. The molecule has 0 aliphatic rings. The molecule has 0 aromatic carbocycles. The molecule has 2 N–H and O–H groups in total. The summed E-state index contributed by atoms with van der Waals surface area (Å²) >= 11 is 0. The Kier molecular flexibility index (Phi) is 5.26. The maximum absolute atomic E-state index is 8.78. The Bertz CT molecular complexity index is 97.4. The molecule has 10 heavy (non-hydrogen) atoms. The Morgan fingerprint density at radius 3 is 2.30 bits per heavy atom. The predicted octanol–water partition coefficient (Wildman–Crippen LogP) is 1.29. The minimum atomic E-state index is -1.20. The van der Waals surface area contributed by atoms with Gasteiger partial charge in [-0.25, -0.2) is 0 Å². The van der Waals surface area contributed by atoms with Crippen LogP contribution >= 0.6 is 0 Å². The van der Waals surface area contributed by atoms with E-state index in [1.165, 1.54) is 0 Å². The first-order valence-corrected chi connectivity index (χ1v) is 3.71. The van der Waals surface area contributed by atoms with Gasteiger partial charge in [0, 0.05) is 5.92 Å². The third-order valence-electron chi connectivity index (χ3n) is 1.44. The van der Waals surface area contributed by atoms with Gasteiger partial charge in [0.25, 0.3) is 0 Å². The van der Waals surface area contributed by atoms with Gasteiger partial charge < -0.3 is 10.2 Å². The van der Waals surface area contributed by atoms with Gasteiger partial charge in [-0.15, -0.1) is 0 Å². The molecule has 0 aromatic heterocycles. The van der Waals surface area contributed by atoms with Crippen LogP contribution in [0.2, 0.25) is 0 Å². The lowest BCUT2D eigenvalue weighted by molar-refractivity contribution is -0.0719. The molecule has 1 atom stereocenters. The number of aliphatic hydroxyl groups excluding tert-OH is 1. The van der Waals surface area contributed by atoms with Crippen LogP contribution in [0.5, 0.6) is 0 Å². The topological polar surface area (TPSA) is 40.5 Å². The molecule has 0 heterocycles. The van der Waals surface area contributed by atoms with Gasteiger partial charge in [0.1, 0.15) is 0 Å². The molecule has 0 aliphatic heterocycles. The molecular weight excluding hydrogens is 128 g/mol. The Morgan fingerprint density at radius 1 is 1.40 bits per heavy atom. The average molecular weight is 144 g/mol. The minimum absolute atomic E-state index is 0.0880. The number of rotatable bonds is 4. The van der Waals surface area contributed by atoms with Crippen molar-refractivity contribution in [2.75, 3.05) is 0 Å². The van der Waals surface area contributed by atoms with Crippen molar-refractivity contribution in [3.63, 3.8) is 0 Å². The van der Waals surface area contributed by atoms with Crippen molar-refractivity contribution in [3.8, 4) is 0 Å². The van der Waals surface area contributed by atoms with Crippen LogP contribution in [-0.2, 0) is 0 Å². The third-order valence-corrected chi connectivity index (χ3v) is 1.44. The fourth-order valence-electron chi connectivity index (χ4n) is 0.925. The highest BCUT2D eigenvalue weighted by Crippen LogP contribution is 2.10. The van der Waals surface area contributed by atoms with E-state index in [-0.39, 0.29) is 5.92 Å². The van der Waals surface area contributed by atoms with Gasteiger partial charge in [-0.3, -0.25) is 0 Å². The average Bonchev–Trinajstić information content (AvgIpc) is 1.87. The van der Waals surface area contributed by atoms with Crippen LogP contribution in [0.3, 0.4) is 0 Å². The lowest BCUT2D eigenvalue weighted by atomic mass is 10.0. The molecule has 0 bridgehead atoms. The van der Waals surface area contributed by atoms with Gasteiger partial charge in [0.2, 0.25) is 0 Å². The molecule has 0 aromatic rings. The summed E-state index contributed by atoms with van der Waals surface area (Å²) in [4.78, 5) is 0. The van der Waals surface area contributed by atoms with Crippen molar-refractivity contribution >= 4 is 0 Å². The summed E-state index contributed by atoms with van der Waals surface area (Å²) in [5.41, 5.74) is 0. The van der Waals surface area contributed by atoms with E-state index >= 15 is 0 Å². The molecule has 0 saturated carbocycles. The summed E-state index contributed by atoms with van der Waals surface area (Å²) in [6.45, 7) is 3.91. The first kappa shape index (κ1) is 9.66. The Morgan fingerprint density at radius 2 is 2.00 bits per heavy atom. The highest BCUT2D eigenvalue weighted by Gasteiger charge is 2.10. The lowest BCUT2D eigenvalue weighted by Gasteiger charge is -2.12. The summed E-state index contributed by atoms with van der Waals surface area (Å²) in [6, 6.07) is 0. The smallest absolute Gasteiger partial charge is 0.157 e. The van der Waals surface area contributed by atoms with E-state index in [4.69, 9.17) is 10.2 Å². The molecule has 0 amide bonds. The monoisotopic (exact) mass is 144 g/mol. The van der Waals surface area contributed by atoms with Crippen LogP contribution in [0, 0.1) is 5.92 Å². The molecule has 2 heteroatoms. The van der Waals surface area contributed by atoms with Crippen LogP contribution in [0.1, 0.15) is 26.7 Å². The summed E-state index contributed by atoms with van der Waals surface area (Å²) in [5.74, 6) is -0.0880. The molecule has 0 saturated heterocycles. The van der Waals surface area contributed by atoms with Gasteiger partial charge in [-0.2, -0.15) is 0 Å². The summed E-state index contributed by atoms with van der Waals surface area (Å²) in [6.07, 6.45) is 4.29. The van der Waals surface area contributed by atoms with E-state index in [1.54, 1.807) is 0 Å². The van der Waals surface area contributed by atoms with Crippen LogP contribution in [0.25, 0.3) is 0 Å². The summed E-state index contributed by atoms with van der Waals surface area (Å²) in [5, 5.41) is 17.6. The van der Waals surface area contributed by atoms with E-state index in [9.17, 15) is 0 Å². The van der Waals surface area contributed by atoms with Crippen molar-refractivity contribution in [1.29, 1.82) is 0 Å². The maximum atomic E-state index is 8.78. The fraction of sp³-hybridized carbons (Fsp3) is 0.750. The van der Waals surface area contributed by atoms with Crippen molar-refractivity contribution in [3.05, 3.63) is 12.2 Å². The zero-order chi connectivity index (χ0) is 7.98. The van der Waals surface area contributed by atoms with Gasteiger partial charge in [0.05, 0.1) is 0 Å². The first-order valence-electron chi connectivity index (χ1n) is 3.71. The van der Waals surface area contributed by atoms with E-state index in [0.29, 0.717) is 0 Å². The third kappa shape index (κ3) is 3.64. The Hall–Kier alpha value is -0.340. The fourth-order valence-corrected chi connectivity index (χ4v) is 0.925. The highest BCUT2D eigenvalue weighted by atomic mass is 16.5. The van der Waals surface area contributed by atoms with Gasteiger partial charge in [0.15, 0.2) is 6.29 Å². The standard InChI is InChI=1S/C8H16O2/c1-3-5-7(6-4-2)8(9)10/h3,5,7-10H,4,6H2,1-2H3/b5-3-. The van der Waals surface area contributed by atoms with Crippen molar-refractivity contribution in [2.45, 2.75) is 33.0 Å². The van der Waals surface area contributed by atoms with E-state index < -0.39 is 6.29 Å². The molecule has 60 valence electrons.